The Morgan fingerprint density at radius 3 is 2.94 bits per heavy atom. The standard InChI is InChI=1S/C13H21N3OS/c1-2-10(14)13-16-11(8-18-13)12(17)15-9-6-4-3-5-7-9/h8-10H,2-7,14H2,1H3,(H,15,17). The Balaban J connectivity index is 1.93. The number of nitrogens with one attached hydrogen (secondary N) is 1. The SMILES string of the molecule is CCC(N)c1nc(C(=O)NC2CCCCC2)cs1. The maximum absolute atomic E-state index is 12.0. The molecule has 3 N–H and O–H groups in total. The maximum atomic E-state index is 12.0. The Morgan fingerprint density at radius 1 is 1.56 bits per heavy atom. The van der Waals surface area contributed by atoms with Gasteiger partial charge in [-0.3, -0.25) is 4.79 Å². The second-order valence-corrected chi connectivity index (χ2v) is 5.78. The van der Waals surface area contributed by atoms with Crippen LogP contribution >= 0.6 is 11.3 Å². The van der Waals surface area contributed by atoms with Gasteiger partial charge in [0.05, 0.1) is 6.04 Å². The van der Waals surface area contributed by atoms with Crippen molar-refractivity contribution in [3.63, 3.8) is 0 Å². The van der Waals surface area contributed by atoms with Gasteiger partial charge in [0.1, 0.15) is 10.7 Å². The van der Waals surface area contributed by atoms with Crippen LogP contribution in [0.15, 0.2) is 5.38 Å². The van der Waals surface area contributed by atoms with E-state index < -0.39 is 0 Å². The number of hydrogen-bond donors (Lipinski definition) is 2. The second-order valence-electron chi connectivity index (χ2n) is 4.89. The summed E-state index contributed by atoms with van der Waals surface area (Å²) >= 11 is 1.48. The zero-order chi connectivity index (χ0) is 13.0. The topological polar surface area (TPSA) is 68.0 Å². The Morgan fingerprint density at radius 2 is 2.28 bits per heavy atom. The fraction of sp³-hybridized carbons (Fsp3) is 0.692. The highest BCUT2D eigenvalue weighted by molar-refractivity contribution is 7.09. The Labute approximate surface area is 112 Å². The lowest BCUT2D eigenvalue weighted by atomic mass is 9.95. The van der Waals surface area contributed by atoms with E-state index in [1.54, 1.807) is 0 Å². The van der Waals surface area contributed by atoms with E-state index in [4.69, 9.17) is 5.73 Å². The molecule has 0 saturated heterocycles. The number of thiazole rings is 1. The molecule has 1 aromatic rings. The third-order valence-electron chi connectivity index (χ3n) is 3.45. The van der Waals surface area contributed by atoms with Gasteiger partial charge < -0.3 is 11.1 Å². The molecule has 2 rings (SSSR count). The van der Waals surface area contributed by atoms with Crippen LogP contribution in [0.2, 0.25) is 0 Å². The zero-order valence-electron chi connectivity index (χ0n) is 10.8. The van der Waals surface area contributed by atoms with Gasteiger partial charge >= 0.3 is 0 Å². The van der Waals surface area contributed by atoms with Crippen molar-refractivity contribution in [2.45, 2.75) is 57.5 Å². The van der Waals surface area contributed by atoms with Crippen LogP contribution in [0.1, 0.15) is 67.0 Å². The molecule has 1 heterocycles. The van der Waals surface area contributed by atoms with Crippen molar-refractivity contribution in [2.75, 3.05) is 0 Å². The van der Waals surface area contributed by atoms with Gasteiger partial charge in [-0.2, -0.15) is 0 Å². The molecule has 4 nitrogen and oxygen atoms in total. The van der Waals surface area contributed by atoms with E-state index >= 15 is 0 Å². The zero-order valence-corrected chi connectivity index (χ0v) is 11.6. The van der Waals surface area contributed by atoms with Crippen LogP contribution < -0.4 is 11.1 Å². The van der Waals surface area contributed by atoms with Gasteiger partial charge in [0, 0.05) is 11.4 Å². The van der Waals surface area contributed by atoms with Gasteiger partial charge in [-0.15, -0.1) is 11.3 Å². The lowest BCUT2D eigenvalue weighted by molar-refractivity contribution is 0.0923. The lowest BCUT2D eigenvalue weighted by Crippen LogP contribution is -2.36. The van der Waals surface area contributed by atoms with Crippen LogP contribution in [0, 0.1) is 0 Å². The largest absolute Gasteiger partial charge is 0.348 e. The number of carbonyl (C=O) groups is 1. The monoisotopic (exact) mass is 267 g/mol. The quantitative estimate of drug-likeness (QED) is 0.881. The third kappa shape index (κ3) is 3.29. The van der Waals surface area contributed by atoms with Crippen molar-refractivity contribution >= 4 is 17.2 Å². The van der Waals surface area contributed by atoms with E-state index in [9.17, 15) is 4.79 Å². The molecule has 1 unspecified atom stereocenters. The van der Waals surface area contributed by atoms with Crippen molar-refractivity contribution in [1.29, 1.82) is 0 Å². The smallest absolute Gasteiger partial charge is 0.270 e. The highest BCUT2D eigenvalue weighted by atomic mass is 32.1. The molecule has 0 aliphatic heterocycles. The summed E-state index contributed by atoms with van der Waals surface area (Å²) in [6, 6.07) is 0.280. The molecule has 1 aliphatic rings. The van der Waals surface area contributed by atoms with Crippen LogP contribution in [0.3, 0.4) is 0 Å². The lowest BCUT2D eigenvalue weighted by Gasteiger charge is -2.22. The number of hydrogen-bond acceptors (Lipinski definition) is 4. The van der Waals surface area contributed by atoms with Crippen molar-refractivity contribution in [1.82, 2.24) is 10.3 Å². The molecule has 1 amide bonds. The first kappa shape index (κ1) is 13.5. The highest BCUT2D eigenvalue weighted by Gasteiger charge is 2.19. The molecule has 1 fully saturated rings. The molecule has 1 aromatic heterocycles. The van der Waals surface area contributed by atoms with Gasteiger partial charge in [0.25, 0.3) is 5.91 Å². The van der Waals surface area contributed by atoms with E-state index in [2.05, 4.69) is 10.3 Å². The Kier molecular flexibility index (Phi) is 4.72. The summed E-state index contributed by atoms with van der Waals surface area (Å²) in [4.78, 5) is 16.4. The third-order valence-corrected chi connectivity index (χ3v) is 4.43. The molecule has 0 radical (unpaired) electrons. The molecule has 0 aromatic carbocycles. The van der Waals surface area contributed by atoms with Crippen LogP contribution in [-0.2, 0) is 0 Å². The first-order valence-electron chi connectivity index (χ1n) is 6.72. The van der Waals surface area contributed by atoms with E-state index in [-0.39, 0.29) is 11.9 Å². The van der Waals surface area contributed by atoms with Crippen LogP contribution in [0.5, 0.6) is 0 Å². The minimum Gasteiger partial charge on any atom is -0.348 e. The predicted molar refractivity (Wildman–Crippen MR) is 73.7 cm³/mol. The van der Waals surface area contributed by atoms with E-state index in [1.165, 1.54) is 30.6 Å². The van der Waals surface area contributed by atoms with Gasteiger partial charge in [-0.25, -0.2) is 4.98 Å². The summed E-state index contributed by atoms with van der Waals surface area (Å²) in [6.45, 7) is 2.02. The van der Waals surface area contributed by atoms with E-state index in [0.29, 0.717) is 11.7 Å². The highest BCUT2D eigenvalue weighted by Crippen LogP contribution is 2.20. The van der Waals surface area contributed by atoms with Gasteiger partial charge in [0.2, 0.25) is 0 Å². The first-order valence-corrected chi connectivity index (χ1v) is 7.60. The number of aromatic nitrogens is 1. The Hall–Kier alpha value is -0.940. The van der Waals surface area contributed by atoms with E-state index in [0.717, 1.165) is 24.3 Å². The van der Waals surface area contributed by atoms with Gasteiger partial charge in [-0.1, -0.05) is 26.2 Å². The van der Waals surface area contributed by atoms with Crippen molar-refractivity contribution in [3.05, 3.63) is 16.1 Å². The van der Waals surface area contributed by atoms with Crippen LogP contribution in [0.25, 0.3) is 0 Å². The molecule has 0 bridgehead atoms. The average Bonchev–Trinajstić information content (AvgIpc) is 2.88. The summed E-state index contributed by atoms with van der Waals surface area (Å²) < 4.78 is 0. The number of carbonyl (C=O) groups excluding carboxylic acids is 1. The minimum absolute atomic E-state index is 0.0484. The molecule has 1 atom stereocenters. The molecule has 0 spiro atoms. The molecule has 1 saturated carbocycles. The van der Waals surface area contributed by atoms with Crippen molar-refractivity contribution < 1.29 is 4.79 Å². The first-order chi connectivity index (χ1) is 8.70. The van der Waals surface area contributed by atoms with Crippen LogP contribution in [-0.4, -0.2) is 16.9 Å². The number of nitrogens with zero attached hydrogens (tertiary/aromatic N) is 1. The summed E-state index contributed by atoms with van der Waals surface area (Å²) in [5, 5.41) is 5.73. The molecule has 1 aliphatic carbocycles. The fourth-order valence-electron chi connectivity index (χ4n) is 2.24. The van der Waals surface area contributed by atoms with Gasteiger partial charge in [0.15, 0.2) is 0 Å². The predicted octanol–water partition coefficient (Wildman–Crippen LogP) is 2.62. The number of amides is 1. The average molecular weight is 267 g/mol. The summed E-state index contributed by atoms with van der Waals surface area (Å²) in [5.41, 5.74) is 6.43. The summed E-state index contributed by atoms with van der Waals surface area (Å²) in [5.74, 6) is -0.0484. The molecular formula is C13H21N3OS. The van der Waals surface area contributed by atoms with Crippen molar-refractivity contribution in [2.24, 2.45) is 5.73 Å². The molecule has 100 valence electrons. The molecular weight excluding hydrogens is 246 g/mol. The maximum Gasteiger partial charge on any atom is 0.270 e. The van der Waals surface area contributed by atoms with Crippen molar-refractivity contribution in [3.8, 4) is 0 Å². The second kappa shape index (κ2) is 6.29. The van der Waals surface area contributed by atoms with E-state index in [1.807, 2.05) is 12.3 Å². The summed E-state index contributed by atoms with van der Waals surface area (Å²) in [7, 11) is 0. The van der Waals surface area contributed by atoms with Gasteiger partial charge in [-0.05, 0) is 19.3 Å². The fourth-order valence-corrected chi connectivity index (χ4v) is 3.13. The number of nitrogens with two attached hydrogens (primary N) is 1. The van der Waals surface area contributed by atoms with Crippen LogP contribution in [0.4, 0.5) is 0 Å². The minimum atomic E-state index is -0.0498. The number of rotatable bonds is 4. The Bertz CT molecular complexity index is 399. The molecule has 5 heteroatoms. The molecule has 18 heavy (non-hydrogen) atoms. The normalized spacial score (nSPS) is 18.6. The summed E-state index contributed by atoms with van der Waals surface area (Å²) in [6.07, 6.45) is 6.76.